The Balaban J connectivity index is 1.91. The first-order valence-electron chi connectivity index (χ1n) is 8.92. The average molecular weight is 429 g/mol. The minimum absolute atomic E-state index is 0.0102. The van der Waals surface area contributed by atoms with E-state index in [1.165, 1.54) is 61.8 Å². The minimum Gasteiger partial charge on any atom is -0.494 e. The highest BCUT2D eigenvalue weighted by atomic mass is 32.2. The first-order valence-corrected chi connectivity index (χ1v) is 10.4. The van der Waals surface area contributed by atoms with Gasteiger partial charge >= 0.3 is 0 Å². The van der Waals surface area contributed by atoms with Crippen LogP contribution in [0.5, 0.6) is 5.75 Å². The number of sulfonamides is 1. The van der Waals surface area contributed by atoms with Gasteiger partial charge in [0.2, 0.25) is 0 Å². The number of pyridine rings is 1. The summed E-state index contributed by atoms with van der Waals surface area (Å²) in [5.74, 6) is -0.713. The lowest BCUT2D eigenvalue weighted by Gasteiger charge is -2.20. The van der Waals surface area contributed by atoms with Gasteiger partial charge in [-0.15, -0.1) is 0 Å². The van der Waals surface area contributed by atoms with Gasteiger partial charge in [0.1, 0.15) is 22.1 Å². The molecular formula is C21H20FN3O4S. The Labute approximate surface area is 174 Å². The first kappa shape index (κ1) is 21.3. The third-order valence-electron chi connectivity index (χ3n) is 4.36. The summed E-state index contributed by atoms with van der Waals surface area (Å²) in [7, 11) is -1.24. The molecule has 9 heteroatoms. The van der Waals surface area contributed by atoms with E-state index in [-0.39, 0.29) is 28.4 Å². The molecule has 1 heterocycles. The second-order valence-electron chi connectivity index (χ2n) is 6.43. The molecule has 0 saturated heterocycles. The topological polar surface area (TPSA) is 88.6 Å². The van der Waals surface area contributed by atoms with E-state index in [1.807, 2.05) is 0 Å². The van der Waals surface area contributed by atoms with Gasteiger partial charge in [0.25, 0.3) is 15.9 Å². The molecule has 0 aliphatic carbocycles. The lowest BCUT2D eigenvalue weighted by atomic mass is 10.1. The third-order valence-corrected chi connectivity index (χ3v) is 5.79. The maximum absolute atomic E-state index is 13.9. The van der Waals surface area contributed by atoms with E-state index < -0.39 is 21.7 Å². The van der Waals surface area contributed by atoms with Crippen molar-refractivity contribution in [2.75, 3.05) is 18.9 Å². The number of benzene rings is 2. The number of rotatable bonds is 7. The number of aromatic nitrogens is 1. The number of hydrogen-bond donors (Lipinski definition) is 1. The van der Waals surface area contributed by atoms with Gasteiger partial charge in [0, 0.05) is 31.4 Å². The number of carbonyl (C=O) groups excluding carboxylic acids is 1. The highest BCUT2D eigenvalue weighted by Crippen LogP contribution is 2.27. The molecule has 0 unspecified atom stereocenters. The normalized spacial score (nSPS) is 11.0. The fourth-order valence-electron chi connectivity index (χ4n) is 2.87. The van der Waals surface area contributed by atoms with Crippen LogP contribution in [0.4, 0.5) is 10.1 Å². The van der Waals surface area contributed by atoms with E-state index in [2.05, 4.69) is 9.71 Å². The molecule has 156 valence electrons. The predicted molar refractivity (Wildman–Crippen MR) is 110 cm³/mol. The Morgan fingerprint density at radius 3 is 2.57 bits per heavy atom. The highest BCUT2D eigenvalue weighted by molar-refractivity contribution is 7.92. The number of hydrogen-bond acceptors (Lipinski definition) is 5. The van der Waals surface area contributed by atoms with E-state index >= 15 is 0 Å². The van der Waals surface area contributed by atoms with Crippen LogP contribution in [-0.2, 0) is 16.6 Å². The number of anilines is 1. The van der Waals surface area contributed by atoms with Gasteiger partial charge in [-0.1, -0.05) is 30.3 Å². The van der Waals surface area contributed by atoms with Gasteiger partial charge in [-0.05, 0) is 18.2 Å². The molecule has 0 aliphatic rings. The predicted octanol–water partition coefficient (Wildman–Crippen LogP) is 3.30. The summed E-state index contributed by atoms with van der Waals surface area (Å²) in [5, 5.41) is 0. The van der Waals surface area contributed by atoms with Crippen molar-refractivity contribution in [1.82, 2.24) is 9.88 Å². The van der Waals surface area contributed by atoms with Crippen LogP contribution < -0.4 is 9.46 Å². The third kappa shape index (κ3) is 4.57. The molecule has 30 heavy (non-hydrogen) atoms. The number of carbonyl (C=O) groups is 1. The summed E-state index contributed by atoms with van der Waals surface area (Å²) < 4.78 is 47.5. The van der Waals surface area contributed by atoms with E-state index in [0.717, 1.165) is 0 Å². The molecule has 0 atom stereocenters. The minimum atomic E-state index is -4.13. The first-order chi connectivity index (χ1) is 14.3. The van der Waals surface area contributed by atoms with Crippen molar-refractivity contribution in [2.24, 2.45) is 0 Å². The molecule has 0 radical (unpaired) electrons. The van der Waals surface area contributed by atoms with Crippen molar-refractivity contribution >= 4 is 21.6 Å². The van der Waals surface area contributed by atoms with Gasteiger partial charge in [-0.2, -0.15) is 0 Å². The Morgan fingerprint density at radius 2 is 1.83 bits per heavy atom. The van der Waals surface area contributed by atoms with Crippen molar-refractivity contribution in [3.8, 4) is 5.75 Å². The van der Waals surface area contributed by atoms with E-state index in [0.29, 0.717) is 5.56 Å². The molecule has 0 bridgehead atoms. The number of methoxy groups -OCH3 is 1. The molecule has 3 aromatic rings. The molecule has 0 saturated carbocycles. The summed E-state index contributed by atoms with van der Waals surface area (Å²) in [4.78, 5) is 17.9. The zero-order valence-electron chi connectivity index (χ0n) is 16.4. The lowest BCUT2D eigenvalue weighted by Crippen LogP contribution is -2.29. The Morgan fingerprint density at radius 1 is 1.13 bits per heavy atom. The molecule has 0 spiro atoms. The van der Waals surface area contributed by atoms with Crippen LogP contribution in [0, 0.1) is 5.82 Å². The molecule has 1 amide bonds. The van der Waals surface area contributed by atoms with Gasteiger partial charge in [0.05, 0.1) is 18.9 Å². The van der Waals surface area contributed by atoms with Crippen LogP contribution in [0.1, 0.15) is 15.9 Å². The van der Waals surface area contributed by atoms with E-state index in [4.69, 9.17) is 4.74 Å². The maximum atomic E-state index is 13.9. The lowest BCUT2D eigenvalue weighted by molar-refractivity contribution is 0.0780. The van der Waals surface area contributed by atoms with Crippen LogP contribution in [-0.4, -0.2) is 38.4 Å². The molecule has 1 N–H and O–H groups in total. The largest absolute Gasteiger partial charge is 0.494 e. The van der Waals surface area contributed by atoms with Crippen LogP contribution in [0.3, 0.4) is 0 Å². The molecular weight excluding hydrogens is 409 g/mol. The molecule has 7 nitrogen and oxygen atoms in total. The number of halogens is 1. The summed E-state index contributed by atoms with van der Waals surface area (Å²) >= 11 is 0. The zero-order chi connectivity index (χ0) is 21.7. The monoisotopic (exact) mass is 429 g/mol. The molecule has 3 rings (SSSR count). The zero-order valence-corrected chi connectivity index (χ0v) is 17.2. The molecule has 0 aliphatic heterocycles. The van der Waals surface area contributed by atoms with Gasteiger partial charge in [-0.25, -0.2) is 12.8 Å². The van der Waals surface area contributed by atoms with E-state index in [9.17, 15) is 17.6 Å². The fraction of sp³-hybridized carbons (Fsp3) is 0.143. The quantitative estimate of drug-likeness (QED) is 0.623. The van der Waals surface area contributed by atoms with Gasteiger partial charge in [-0.3, -0.25) is 14.5 Å². The molecule has 2 aromatic carbocycles. The van der Waals surface area contributed by atoms with Gasteiger partial charge in [0.15, 0.2) is 0 Å². The smallest absolute Gasteiger partial charge is 0.262 e. The van der Waals surface area contributed by atoms with Crippen molar-refractivity contribution in [1.29, 1.82) is 0 Å². The standard InChI is InChI=1S/C21H20FN3O4S/c1-25(14-15-7-3-5-9-17(15)22)21(26)16-8-4-6-10-20(16)30(27,28)24-18-13-23-12-11-19(18)29-2/h3-13,24H,14H2,1-2H3. The fourth-order valence-corrected chi connectivity index (χ4v) is 4.13. The van der Waals surface area contributed by atoms with Crippen molar-refractivity contribution in [3.63, 3.8) is 0 Å². The SMILES string of the molecule is COc1ccncc1NS(=O)(=O)c1ccccc1C(=O)N(C)Cc1ccccc1F. The number of ether oxygens (including phenoxy) is 1. The summed E-state index contributed by atoms with van der Waals surface area (Å²) in [6.07, 6.45) is 2.77. The van der Waals surface area contributed by atoms with E-state index in [1.54, 1.807) is 24.3 Å². The average Bonchev–Trinajstić information content (AvgIpc) is 2.75. The van der Waals surface area contributed by atoms with Gasteiger partial charge < -0.3 is 9.64 Å². The Hall–Kier alpha value is -3.46. The second kappa shape index (κ2) is 8.91. The number of nitrogens with zero attached hydrogens (tertiary/aromatic N) is 2. The number of amides is 1. The van der Waals surface area contributed by atoms with Crippen LogP contribution in [0.15, 0.2) is 71.9 Å². The van der Waals surface area contributed by atoms with Crippen LogP contribution in [0.2, 0.25) is 0 Å². The summed E-state index contributed by atoms with van der Waals surface area (Å²) in [5.41, 5.74) is 0.431. The van der Waals surface area contributed by atoms with Crippen LogP contribution >= 0.6 is 0 Å². The molecule has 0 fully saturated rings. The summed E-state index contributed by atoms with van der Waals surface area (Å²) in [6.45, 7) is -0.0102. The van der Waals surface area contributed by atoms with Crippen LogP contribution in [0.25, 0.3) is 0 Å². The Bertz CT molecular complexity index is 1170. The Kier molecular flexibility index (Phi) is 6.31. The van der Waals surface area contributed by atoms with Crippen molar-refractivity contribution < 1.29 is 22.3 Å². The van der Waals surface area contributed by atoms with Crippen molar-refractivity contribution in [3.05, 3.63) is 83.9 Å². The second-order valence-corrected chi connectivity index (χ2v) is 8.08. The van der Waals surface area contributed by atoms with Crippen molar-refractivity contribution in [2.45, 2.75) is 11.4 Å². The summed E-state index contributed by atoms with van der Waals surface area (Å²) in [6, 6.07) is 13.4. The maximum Gasteiger partial charge on any atom is 0.262 e. The highest BCUT2D eigenvalue weighted by Gasteiger charge is 2.25. The molecule has 1 aromatic heterocycles. The number of nitrogens with one attached hydrogen (secondary N) is 1.